The van der Waals surface area contributed by atoms with E-state index in [-0.39, 0.29) is 35.6 Å². The van der Waals surface area contributed by atoms with Gasteiger partial charge in [-0.15, -0.1) is 0 Å². The van der Waals surface area contributed by atoms with Gasteiger partial charge >= 0.3 is 12.6 Å². The Morgan fingerprint density at radius 3 is 2.68 bits per heavy atom. The normalized spacial score (nSPS) is 10.1. The summed E-state index contributed by atoms with van der Waals surface area (Å²) < 4.78 is 33.4. The molecule has 0 saturated heterocycles. The standard InChI is InChI=1S/C12H12F2N2O3/c1-2-18-11(17)9-3-8(6-16)10(19-12(13)14)4-7(9)5-15/h3-4,12H,2,5,15H2,1H3. The number of nitrogens with zero attached hydrogens (tertiary/aromatic N) is 1. The molecule has 2 N–H and O–H groups in total. The number of benzene rings is 1. The summed E-state index contributed by atoms with van der Waals surface area (Å²) in [6, 6.07) is 3.97. The number of ether oxygens (including phenoxy) is 2. The molecule has 0 amide bonds. The highest BCUT2D eigenvalue weighted by Gasteiger charge is 2.18. The minimum absolute atomic E-state index is 0.0700. The van der Waals surface area contributed by atoms with Crippen LogP contribution >= 0.6 is 0 Å². The number of carbonyl (C=O) groups is 1. The number of nitrogens with two attached hydrogens (primary N) is 1. The van der Waals surface area contributed by atoms with Gasteiger partial charge in [0, 0.05) is 6.54 Å². The number of carbonyl (C=O) groups excluding carboxylic acids is 1. The molecule has 0 saturated carbocycles. The quantitative estimate of drug-likeness (QED) is 0.824. The maximum absolute atomic E-state index is 12.2. The number of alkyl halides is 2. The molecular weight excluding hydrogens is 258 g/mol. The fourth-order valence-electron chi connectivity index (χ4n) is 1.47. The monoisotopic (exact) mass is 270 g/mol. The first kappa shape index (κ1) is 14.9. The summed E-state index contributed by atoms with van der Waals surface area (Å²) in [5.41, 5.74) is 5.61. The lowest BCUT2D eigenvalue weighted by molar-refractivity contribution is -0.0500. The molecule has 19 heavy (non-hydrogen) atoms. The molecule has 0 heterocycles. The van der Waals surface area contributed by atoms with Crippen LogP contribution in [0, 0.1) is 11.3 Å². The van der Waals surface area contributed by atoms with Gasteiger partial charge in [-0.2, -0.15) is 14.0 Å². The third kappa shape index (κ3) is 3.63. The summed E-state index contributed by atoms with van der Waals surface area (Å²) in [5.74, 6) is -0.978. The Balaban J connectivity index is 3.27. The van der Waals surface area contributed by atoms with Gasteiger partial charge in [0.25, 0.3) is 0 Å². The molecule has 1 aromatic rings. The molecular formula is C12H12F2N2O3. The number of rotatable bonds is 5. The fourth-order valence-corrected chi connectivity index (χ4v) is 1.47. The summed E-state index contributed by atoms with van der Waals surface area (Å²) in [5, 5.41) is 8.87. The van der Waals surface area contributed by atoms with E-state index < -0.39 is 12.6 Å². The van der Waals surface area contributed by atoms with Crippen molar-refractivity contribution in [2.45, 2.75) is 20.1 Å². The Kier molecular flexibility index (Phi) is 5.21. The van der Waals surface area contributed by atoms with E-state index in [2.05, 4.69) is 4.74 Å². The minimum atomic E-state index is -3.06. The molecule has 0 aliphatic rings. The molecule has 0 bridgehead atoms. The van der Waals surface area contributed by atoms with Gasteiger partial charge in [0.1, 0.15) is 11.8 Å². The van der Waals surface area contributed by atoms with Crippen LogP contribution < -0.4 is 10.5 Å². The van der Waals surface area contributed by atoms with Gasteiger partial charge in [-0.05, 0) is 24.6 Å². The first-order chi connectivity index (χ1) is 9.03. The van der Waals surface area contributed by atoms with Gasteiger partial charge in [0.15, 0.2) is 0 Å². The molecule has 0 atom stereocenters. The maximum Gasteiger partial charge on any atom is 0.387 e. The zero-order chi connectivity index (χ0) is 14.4. The summed E-state index contributed by atoms with van der Waals surface area (Å²) >= 11 is 0. The Morgan fingerprint density at radius 2 is 2.21 bits per heavy atom. The largest absolute Gasteiger partial charge is 0.462 e. The Labute approximate surface area is 108 Å². The van der Waals surface area contributed by atoms with Crippen molar-refractivity contribution in [2.24, 2.45) is 5.73 Å². The van der Waals surface area contributed by atoms with Crippen molar-refractivity contribution in [3.05, 3.63) is 28.8 Å². The highest BCUT2D eigenvalue weighted by atomic mass is 19.3. The van der Waals surface area contributed by atoms with Crippen LogP contribution in [0.3, 0.4) is 0 Å². The van der Waals surface area contributed by atoms with Crippen LogP contribution in [-0.4, -0.2) is 19.2 Å². The van der Waals surface area contributed by atoms with Crippen molar-refractivity contribution < 1.29 is 23.0 Å². The third-order valence-electron chi connectivity index (χ3n) is 2.26. The molecule has 1 rings (SSSR count). The predicted octanol–water partition coefficient (Wildman–Crippen LogP) is 1.80. The molecule has 0 aliphatic heterocycles. The van der Waals surface area contributed by atoms with Gasteiger partial charge in [-0.25, -0.2) is 4.79 Å². The lowest BCUT2D eigenvalue weighted by Crippen LogP contribution is -2.13. The first-order valence-electron chi connectivity index (χ1n) is 5.42. The van der Waals surface area contributed by atoms with Crippen LogP contribution in [-0.2, 0) is 11.3 Å². The van der Waals surface area contributed by atoms with Gasteiger partial charge in [-0.1, -0.05) is 0 Å². The smallest absolute Gasteiger partial charge is 0.387 e. The summed E-state index contributed by atoms with van der Waals surface area (Å²) in [6.45, 7) is -1.36. The van der Waals surface area contributed by atoms with Crippen molar-refractivity contribution in [2.75, 3.05) is 6.61 Å². The van der Waals surface area contributed by atoms with E-state index in [4.69, 9.17) is 15.7 Å². The number of hydrogen-bond acceptors (Lipinski definition) is 5. The van der Waals surface area contributed by atoms with Crippen LogP contribution in [0.25, 0.3) is 0 Å². The molecule has 1 aromatic carbocycles. The molecule has 0 fully saturated rings. The second-order valence-electron chi connectivity index (χ2n) is 3.42. The summed E-state index contributed by atoms with van der Waals surface area (Å²) in [4.78, 5) is 11.6. The number of halogens is 2. The van der Waals surface area contributed by atoms with Gasteiger partial charge < -0.3 is 15.2 Å². The summed E-state index contributed by atoms with van der Waals surface area (Å²) in [7, 11) is 0. The van der Waals surface area contributed by atoms with E-state index in [9.17, 15) is 13.6 Å². The predicted molar refractivity (Wildman–Crippen MR) is 61.6 cm³/mol. The summed E-state index contributed by atoms with van der Waals surface area (Å²) in [6.07, 6.45) is 0. The Morgan fingerprint density at radius 1 is 1.53 bits per heavy atom. The van der Waals surface area contributed by atoms with Crippen molar-refractivity contribution in [1.29, 1.82) is 5.26 Å². The van der Waals surface area contributed by atoms with Crippen LogP contribution in [0.4, 0.5) is 8.78 Å². The Hall–Kier alpha value is -2.20. The van der Waals surface area contributed by atoms with Crippen LogP contribution in [0.1, 0.15) is 28.4 Å². The minimum Gasteiger partial charge on any atom is -0.462 e. The van der Waals surface area contributed by atoms with Crippen molar-refractivity contribution in [3.63, 3.8) is 0 Å². The van der Waals surface area contributed by atoms with Crippen molar-refractivity contribution >= 4 is 5.97 Å². The zero-order valence-electron chi connectivity index (χ0n) is 10.2. The van der Waals surface area contributed by atoms with Crippen molar-refractivity contribution in [1.82, 2.24) is 0 Å². The molecule has 0 aromatic heterocycles. The van der Waals surface area contributed by atoms with Crippen LogP contribution in [0.2, 0.25) is 0 Å². The molecule has 0 spiro atoms. The molecule has 0 aliphatic carbocycles. The van der Waals surface area contributed by atoms with Gasteiger partial charge in [0.2, 0.25) is 0 Å². The van der Waals surface area contributed by atoms with Crippen LogP contribution in [0.15, 0.2) is 12.1 Å². The average molecular weight is 270 g/mol. The SMILES string of the molecule is CCOC(=O)c1cc(C#N)c(OC(F)F)cc1CN. The maximum atomic E-state index is 12.2. The fraction of sp³-hybridized carbons (Fsp3) is 0.333. The van der Waals surface area contributed by atoms with E-state index >= 15 is 0 Å². The van der Waals surface area contributed by atoms with Crippen molar-refractivity contribution in [3.8, 4) is 11.8 Å². The molecule has 0 unspecified atom stereocenters. The van der Waals surface area contributed by atoms with Gasteiger partial charge in [0.05, 0.1) is 17.7 Å². The molecule has 7 heteroatoms. The first-order valence-corrected chi connectivity index (χ1v) is 5.42. The number of nitriles is 1. The number of hydrogen-bond donors (Lipinski definition) is 1. The topological polar surface area (TPSA) is 85.3 Å². The van der Waals surface area contributed by atoms with E-state index in [1.165, 1.54) is 0 Å². The lowest BCUT2D eigenvalue weighted by Gasteiger charge is -2.12. The van der Waals surface area contributed by atoms with Crippen LogP contribution in [0.5, 0.6) is 5.75 Å². The van der Waals surface area contributed by atoms with E-state index in [0.29, 0.717) is 0 Å². The van der Waals surface area contributed by atoms with E-state index in [0.717, 1.165) is 12.1 Å². The highest BCUT2D eigenvalue weighted by molar-refractivity contribution is 5.92. The second kappa shape index (κ2) is 6.66. The zero-order valence-corrected chi connectivity index (χ0v) is 10.2. The number of esters is 1. The second-order valence-corrected chi connectivity index (χ2v) is 3.42. The highest BCUT2D eigenvalue weighted by Crippen LogP contribution is 2.25. The average Bonchev–Trinajstić information content (AvgIpc) is 2.37. The van der Waals surface area contributed by atoms with Gasteiger partial charge in [-0.3, -0.25) is 0 Å². The molecule has 0 radical (unpaired) electrons. The molecule has 5 nitrogen and oxygen atoms in total. The molecule has 102 valence electrons. The lowest BCUT2D eigenvalue weighted by atomic mass is 10.0. The van der Waals surface area contributed by atoms with E-state index in [1.807, 2.05) is 0 Å². The van der Waals surface area contributed by atoms with E-state index in [1.54, 1.807) is 13.0 Å². The third-order valence-corrected chi connectivity index (χ3v) is 2.26. The Bertz CT molecular complexity index is 512.